The van der Waals surface area contributed by atoms with Gasteiger partial charge in [0.05, 0.1) is 10.0 Å². The van der Waals surface area contributed by atoms with Crippen molar-refractivity contribution in [1.29, 1.82) is 0 Å². The first-order chi connectivity index (χ1) is 8.88. The molecule has 2 nitrogen and oxygen atoms in total. The van der Waals surface area contributed by atoms with E-state index in [1.54, 1.807) is 12.1 Å². The van der Waals surface area contributed by atoms with Crippen LogP contribution in [0.3, 0.4) is 0 Å². The fourth-order valence-electron chi connectivity index (χ4n) is 1.84. The minimum atomic E-state index is 0.374. The van der Waals surface area contributed by atoms with Gasteiger partial charge in [-0.05, 0) is 49.2 Å². The molecule has 19 heavy (non-hydrogen) atoms. The van der Waals surface area contributed by atoms with Crippen LogP contribution in [0, 0.1) is 13.8 Å². The van der Waals surface area contributed by atoms with E-state index in [2.05, 4.69) is 0 Å². The first-order valence-corrected chi connectivity index (χ1v) is 6.71. The lowest BCUT2D eigenvalue weighted by Crippen LogP contribution is -1.94. The van der Waals surface area contributed by atoms with Crippen molar-refractivity contribution in [2.75, 3.05) is 5.73 Å². The Hall–Kier alpha value is -1.09. The molecule has 0 aliphatic heterocycles. The van der Waals surface area contributed by atoms with Crippen molar-refractivity contribution >= 4 is 40.5 Å². The molecule has 0 fully saturated rings. The second-order valence-corrected chi connectivity index (χ2v) is 5.54. The highest BCUT2D eigenvalue weighted by Crippen LogP contribution is 2.40. The van der Waals surface area contributed by atoms with E-state index in [4.69, 9.17) is 45.3 Å². The van der Waals surface area contributed by atoms with Gasteiger partial charge in [-0.15, -0.1) is 0 Å². The Morgan fingerprint density at radius 3 is 1.79 bits per heavy atom. The van der Waals surface area contributed by atoms with Crippen LogP contribution in [-0.2, 0) is 0 Å². The Kier molecular flexibility index (Phi) is 4.14. The maximum absolute atomic E-state index is 6.11. The molecule has 0 unspecified atom stereocenters. The molecule has 0 aliphatic rings. The summed E-state index contributed by atoms with van der Waals surface area (Å²) in [6, 6.07) is 6.85. The largest absolute Gasteiger partial charge is 0.454 e. The van der Waals surface area contributed by atoms with Gasteiger partial charge in [-0.1, -0.05) is 34.8 Å². The predicted octanol–water partition coefficient (Wildman–Crippen LogP) is 5.64. The number of anilines is 1. The summed E-state index contributed by atoms with van der Waals surface area (Å²) in [7, 11) is 0. The average molecular weight is 317 g/mol. The molecule has 2 rings (SSSR count). The Balaban J connectivity index is 2.48. The highest BCUT2D eigenvalue weighted by molar-refractivity contribution is 6.37. The van der Waals surface area contributed by atoms with Gasteiger partial charge in [0.2, 0.25) is 0 Å². The smallest absolute Gasteiger partial charge is 0.164 e. The number of nitrogen functional groups attached to an aromatic ring is 1. The van der Waals surface area contributed by atoms with E-state index in [0.29, 0.717) is 32.3 Å². The summed E-state index contributed by atoms with van der Waals surface area (Å²) in [5, 5.41) is 1.41. The molecule has 5 heteroatoms. The van der Waals surface area contributed by atoms with Gasteiger partial charge in [0, 0.05) is 10.7 Å². The van der Waals surface area contributed by atoms with Crippen molar-refractivity contribution < 1.29 is 4.74 Å². The van der Waals surface area contributed by atoms with Crippen LogP contribution >= 0.6 is 34.8 Å². The van der Waals surface area contributed by atoms with Crippen LogP contribution in [0.1, 0.15) is 11.1 Å². The number of rotatable bonds is 2. The average Bonchev–Trinajstić information content (AvgIpc) is 2.25. The number of aryl methyl sites for hydroxylation is 2. The molecule has 0 aromatic heterocycles. The van der Waals surface area contributed by atoms with E-state index in [0.717, 1.165) is 11.1 Å². The summed E-state index contributed by atoms with van der Waals surface area (Å²) in [4.78, 5) is 0. The number of ether oxygens (including phenoxy) is 1. The topological polar surface area (TPSA) is 35.2 Å². The lowest BCUT2D eigenvalue weighted by atomic mass is 10.1. The molecule has 0 atom stereocenters. The van der Waals surface area contributed by atoms with Crippen LogP contribution in [0.25, 0.3) is 0 Å². The molecule has 0 saturated heterocycles. The standard InChI is InChI=1S/C14H12Cl3NO/c1-7-3-9(15)4-8(2)13(7)19-14-11(16)5-10(18)6-12(14)17/h3-6H,18H2,1-2H3. The van der Waals surface area contributed by atoms with Crippen LogP contribution in [0.15, 0.2) is 24.3 Å². The first-order valence-electron chi connectivity index (χ1n) is 5.57. The lowest BCUT2D eigenvalue weighted by Gasteiger charge is -2.15. The van der Waals surface area contributed by atoms with Crippen molar-refractivity contribution in [3.63, 3.8) is 0 Å². The van der Waals surface area contributed by atoms with E-state index < -0.39 is 0 Å². The third kappa shape index (κ3) is 3.08. The fraction of sp³-hybridized carbons (Fsp3) is 0.143. The Bertz CT molecular complexity index is 539. The molecule has 2 aromatic rings. The van der Waals surface area contributed by atoms with E-state index in [1.807, 2.05) is 26.0 Å². The monoisotopic (exact) mass is 315 g/mol. The van der Waals surface area contributed by atoms with Crippen molar-refractivity contribution in [1.82, 2.24) is 0 Å². The van der Waals surface area contributed by atoms with Crippen LogP contribution in [0.2, 0.25) is 15.1 Å². The third-order valence-corrected chi connectivity index (χ3v) is 3.43. The molecular formula is C14H12Cl3NO. The first kappa shape index (κ1) is 14.3. The van der Waals surface area contributed by atoms with Crippen LogP contribution in [0.5, 0.6) is 11.5 Å². The number of benzene rings is 2. The molecule has 0 spiro atoms. The third-order valence-electron chi connectivity index (χ3n) is 2.65. The van der Waals surface area contributed by atoms with Crippen molar-refractivity contribution in [2.24, 2.45) is 0 Å². The number of hydrogen-bond donors (Lipinski definition) is 1. The van der Waals surface area contributed by atoms with Crippen molar-refractivity contribution in [3.05, 3.63) is 50.5 Å². The highest BCUT2D eigenvalue weighted by Gasteiger charge is 2.13. The quantitative estimate of drug-likeness (QED) is 0.728. The summed E-state index contributed by atoms with van der Waals surface area (Å²) < 4.78 is 5.83. The second kappa shape index (κ2) is 5.49. The van der Waals surface area contributed by atoms with Gasteiger partial charge in [-0.25, -0.2) is 0 Å². The van der Waals surface area contributed by atoms with Crippen LogP contribution in [-0.4, -0.2) is 0 Å². The number of halogens is 3. The Morgan fingerprint density at radius 2 is 1.32 bits per heavy atom. The Morgan fingerprint density at radius 1 is 0.842 bits per heavy atom. The zero-order chi connectivity index (χ0) is 14.2. The zero-order valence-electron chi connectivity index (χ0n) is 10.4. The normalized spacial score (nSPS) is 10.6. The van der Waals surface area contributed by atoms with E-state index in [9.17, 15) is 0 Å². The molecule has 2 aromatic carbocycles. The number of hydrogen-bond acceptors (Lipinski definition) is 2. The summed E-state index contributed by atoms with van der Waals surface area (Å²) in [5.74, 6) is 1.09. The maximum atomic E-state index is 6.11. The molecule has 2 N–H and O–H groups in total. The van der Waals surface area contributed by atoms with Gasteiger partial charge in [0.25, 0.3) is 0 Å². The molecule has 0 saturated carbocycles. The van der Waals surface area contributed by atoms with E-state index in [-0.39, 0.29) is 0 Å². The minimum absolute atomic E-state index is 0.374. The molecule has 0 aliphatic carbocycles. The van der Waals surface area contributed by atoms with Gasteiger partial charge < -0.3 is 10.5 Å². The zero-order valence-corrected chi connectivity index (χ0v) is 12.7. The van der Waals surface area contributed by atoms with Crippen molar-refractivity contribution in [2.45, 2.75) is 13.8 Å². The van der Waals surface area contributed by atoms with Gasteiger partial charge in [0.15, 0.2) is 5.75 Å². The molecule has 0 heterocycles. The summed E-state index contributed by atoms with van der Waals surface area (Å²) in [6.07, 6.45) is 0. The molecule has 0 amide bonds. The van der Waals surface area contributed by atoms with Gasteiger partial charge in [-0.2, -0.15) is 0 Å². The SMILES string of the molecule is Cc1cc(Cl)cc(C)c1Oc1c(Cl)cc(N)cc1Cl. The summed E-state index contributed by atoms with van der Waals surface area (Å²) in [6.45, 7) is 3.82. The molecule has 0 radical (unpaired) electrons. The number of nitrogens with two attached hydrogens (primary N) is 1. The minimum Gasteiger partial charge on any atom is -0.454 e. The fourth-order valence-corrected chi connectivity index (χ4v) is 2.75. The maximum Gasteiger partial charge on any atom is 0.164 e. The second-order valence-electron chi connectivity index (χ2n) is 4.28. The van der Waals surface area contributed by atoms with Crippen molar-refractivity contribution in [3.8, 4) is 11.5 Å². The summed E-state index contributed by atoms with van der Waals surface area (Å²) >= 11 is 18.2. The predicted molar refractivity (Wildman–Crippen MR) is 81.9 cm³/mol. The van der Waals surface area contributed by atoms with E-state index in [1.165, 1.54) is 0 Å². The van der Waals surface area contributed by atoms with E-state index >= 15 is 0 Å². The Labute approximate surface area is 127 Å². The van der Waals surface area contributed by atoms with Gasteiger partial charge in [0.1, 0.15) is 5.75 Å². The summed E-state index contributed by atoms with van der Waals surface area (Å²) in [5.41, 5.74) is 7.97. The van der Waals surface area contributed by atoms with Crippen LogP contribution in [0.4, 0.5) is 5.69 Å². The van der Waals surface area contributed by atoms with Gasteiger partial charge in [-0.3, -0.25) is 0 Å². The lowest BCUT2D eigenvalue weighted by molar-refractivity contribution is 0.475. The molecule has 100 valence electrons. The highest BCUT2D eigenvalue weighted by atomic mass is 35.5. The molecular weight excluding hydrogens is 305 g/mol. The van der Waals surface area contributed by atoms with Crippen LogP contribution < -0.4 is 10.5 Å². The molecule has 0 bridgehead atoms. The van der Waals surface area contributed by atoms with Gasteiger partial charge >= 0.3 is 0 Å².